The van der Waals surface area contributed by atoms with Gasteiger partial charge in [0.15, 0.2) is 0 Å². The standard InChI is InChI=1S/C19H28O2/c1-5-7-19(20)21-14-16(3)8-6-9-17(4)18-12-10-15(2)11-13-18/h8,10-13,17H,5-7,9,14H2,1-4H3/b16-8-. The van der Waals surface area contributed by atoms with Gasteiger partial charge in [-0.25, -0.2) is 0 Å². The molecule has 0 N–H and O–H groups in total. The van der Waals surface area contributed by atoms with Crippen molar-refractivity contribution in [1.29, 1.82) is 0 Å². The van der Waals surface area contributed by atoms with Gasteiger partial charge in [0.2, 0.25) is 0 Å². The molecule has 0 amide bonds. The average molecular weight is 288 g/mol. The van der Waals surface area contributed by atoms with Crippen LogP contribution < -0.4 is 0 Å². The van der Waals surface area contributed by atoms with Gasteiger partial charge in [-0.15, -0.1) is 0 Å². The molecule has 1 atom stereocenters. The van der Waals surface area contributed by atoms with Crippen LogP contribution in [0, 0.1) is 6.92 Å². The van der Waals surface area contributed by atoms with E-state index in [4.69, 9.17) is 4.74 Å². The van der Waals surface area contributed by atoms with Gasteiger partial charge in [-0.2, -0.15) is 0 Å². The first-order chi connectivity index (χ1) is 10.0. The lowest BCUT2D eigenvalue weighted by atomic mass is 9.95. The summed E-state index contributed by atoms with van der Waals surface area (Å²) in [6, 6.07) is 8.76. The number of esters is 1. The third-order valence-corrected chi connectivity index (χ3v) is 3.65. The quantitative estimate of drug-likeness (QED) is 0.487. The molecule has 1 rings (SSSR count). The van der Waals surface area contributed by atoms with Crippen LogP contribution in [0.1, 0.15) is 63.5 Å². The van der Waals surface area contributed by atoms with E-state index in [9.17, 15) is 4.79 Å². The van der Waals surface area contributed by atoms with Crippen molar-refractivity contribution in [3.05, 3.63) is 47.0 Å². The van der Waals surface area contributed by atoms with Gasteiger partial charge in [-0.3, -0.25) is 4.79 Å². The molecule has 21 heavy (non-hydrogen) atoms. The van der Waals surface area contributed by atoms with Gasteiger partial charge < -0.3 is 4.74 Å². The third-order valence-electron chi connectivity index (χ3n) is 3.65. The first-order valence-electron chi connectivity index (χ1n) is 7.90. The van der Waals surface area contributed by atoms with E-state index in [-0.39, 0.29) is 5.97 Å². The van der Waals surface area contributed by atoms with Crippen molar-refractivity contribution in [2.45, 2.75) is 59.3 Å². The summed E-state index contributed by atoms with van der Waals surface area (Å²) in [5, 5.41) is 0. The molecule has 0 aliphatic rings. The number of aryl methyl sites for hydroxylation is 1. The Labute approximate surface area is 129 Å². The molecule has 1 aromatic rings. The molecule has 2 nitrogen and oxygen atoms in total. The number of carbonyl (C=O) groups is 1. The fourth-order valence-corrected chi connectivity index (χ4v) is 2.17. The predicted octanol–water partition coefficient (Wildman–Crippen LogP) is 5.17. The Balaban J connectivity index is 2.32. The van der Waals surface area contributed by atoms with Crippen LogP contribution in [0.15, 0.2) is 35.9 Å². The van der Waals surface area contributed by atoms with Gasteiger partial charge >= 0.3 is 5.97 Å². The predicted molar refractivity (Wildman–Crippen MR) is 88.5 cm³/mol. The molecule has 2 heteroatoms. The van der Waals surface area contributed by atoms with E-state index in [2.05, 4.69) is 44.2 Å². The van der Waals surface area contributed by atoms with Gasteiger partial charge in [-0.05, 0) is 50.2 Å². The van der Waals surface area contributed by atoms with Crippen LogP contribution in [0.25, 0.3) is 0 Å². The Morgan fingerprint density at radius 1 is 1.29 bits per heavy atom. The maximum absolute atomic E-state index is 11.3. The second-order valence-electron chi connectivity index (χ2n) is 5.85. The molecule has 0 bridgehead atoms. The zero-order valence-corrected chi connectivity index (χ0v) is 13.8. The van der Waals surface area contributed by atoms with E-state index in [0.717, 1.165) is 24.8 Å². The van der Waals surface area contributed by atoms with Crippen LogP contribution in [-0.2, 0) is 9.53 Å². The summed E-state index contributed by atoms with van der Waals surface area (Å²) >= 11 is 0. The largest absolute Gasteiger partial charge is 0.461 e. The SMILES string of the molecule is CCCC(=O)OC/C(C)=C\CCC(C)c1ccc(C)cc1. The molecule has 0 aliphatic heterocycles. The molecular formula is C19H28O2. The first-order valence-corrected chi connectivity index (χ1v) is 7.90. The second-order valence-corrected chi connectivity index (χ2v) is 5.85. The lowest BCUT2D eigenvalue weighted by Gasteiger charge is -2.11. The van der Waals surface area contributed by atoms with Gasteiger partial charge in [0.25, 0.3) is 0 Å². The lowest BCUT2D eigenvalue weighted by molar-refractivity contribution is -0.142. The van der Waals surface area contributed by atoms with Crippen LogP contribution >= 0.6 is 0 Å². The molecule has 0 saturated heterocycles. The van der Waals surface area contributed by atoms with Crippen molar-refractivity contribution < 1.29 is 9.53 Å². The monoisotopic (exact) mass is 288 g/mol. The number of carbonyl (C=O) groups excluding carboxylic acids is 1. The molecule has 0 saturated carbocycles. The highest BCUT2D eigenvalue weighted by Gasteiger charge is 2.05. The summed E-state index contributed by atoms with van der Waals surface area (Å²) in [6.45, 7) is 8.80. The van der Waals surface area contributed by atoms with Crippen molar-refractivity contribution in [3.63, 3.8) is 0 Å². The Bertz CT molecular complexity index is 457. The van der Waals surface area contributed by atoms with E-state index in [1.807, 2.05) is 13.8 Å². The zero-order chi connectivity index (χ0) is 15.7. The van der Waals surface area contributed by atoms with E-state index < -0.39 is 0 Å². The van der Waals surface area contributed by atoms with Crippen LogP contribution in [0.5, 0.6) is 0 Å². The van der Waals surface area contributed by atoms with Gasteiger partial charge in [0.1, 0.15) is 6.61 Å². The topological polar surface area (TPSA) is 26.3 Å². The summed E-state index contributed by atoms with van der Waals surface area (Å²) in [4.78, 5) is 11.3. The molecule has 0 fully saturated rings. The van der Waals surface area contributed by atoms with E-state index in [1.165, 1.54) is 11.1 Å². The Kier molecular flexibility index (Phi) is 7.81. The smallest absolute Gasteiger partial charge is 0.306 e. The first kappa shape index (κ1) is 17.5. The Morgan fingerprint density at radius 3 is 2.57 bits per heavy atom. The number of hydrogen-bond acceptors (Lipinski definition) is 2. The van der Waals surface area contributed by atoms with Crippen molar-refractivity contribution in [1.82, 2.24) is 0 Å². The fourth-order valence-electron chi connectivity index (χ4n) is 2.17. The highest BCUT2D eigenvalue weighted by molar-refractivity contribution is 5.69. The van der Waals surface area contributed by atoms with Crippen LogP contribution in [0.3, 0.4) is 0 Å². The van der Waals surface area contributed by atoms with Crippen molar-refractivity contribution in [2.24, 2.45) is 0 Å². The Hall–Kier alpha value is -1.57. The number of allylic oxidation sites excluding steroid dienone is 1. The second kappa shape index (κ2) is 9.38. The van der Waals surface area contributed by atoms with Gasteiger partial charge in [0.05, 0.1) is 0 Å². The highest BCUT2D eigenvalue weighted by Crippen LogP contribution is 2.21. The van der Waals surface area contributed by atoms with Crippen molar-refractivity contribution in [2.75, 3.05) is 6.61 Å². The minimum Gasteiger partial charge on any atom is -0.461 e. The molecule has 0 aromatic heterocycles. The molecule has 0 spiro atoms. The summed E-state index contributed by atoms with van der Waals surface area (Å²) in [7, 11) is 0. The van der Waals surface area contributed by atoms with Crippen LogP contribution in [0.4, 0.5) is 0 Å². The van der Waals surface area contributed by atoms with Crippen LogP contribution in [0.2, 0.25) is 0 Å². The van der Waals surface area contributed by atoms with E-state index in [1.54, 1.807) is 0 Å². The maximum atomic E-state index is 11.3. The van der Waals surface area contributed by atoms with Gasteiger partial charge in [-0.1, -0.05) is 49.8 Å². The molecular weight excluding hydrogens is 260 g/mol. The minimum absolute atomic E-state index is 0.0988. The van der Waals surface area contributed by atoms with E-state index in [0.29, 0.717) is 18.9 Å². The third kappa shape index (κ3) is 7.12. The molecule has 116 valence electrons. The number of rotatable bonds is 8. The molecule has 0 radical (unpaired) electrons. The Morgan fingerprint density at radius 2 is 1.95 bits per heavy atom. The fraction of sp³-hybridized carbons (Fsp3) is 0.526. The number of hydrogen-bond donors (Lipinski definition) is 0. The molecule has 0 heterocycles. The molecule has 0 aliphatic carbocycles. The summed E-state index contributed by atoms with van der Waals surface area (Å²) < 4.78 is 5.19. The zero-order valence-electron chi connectivity index (χ0n) is 13.8. The molecule has 1 unspecified atom stereocenters. The maximum Gasteiger partial charge on any atom is 0.306 e. The van der Waals surface area contributed by atoms with Crippen LogP contribution in [-0.4, -0.2) is 12.6 Å². The lowest BCUT2D eigenvalue weighted by Crippen LogP contribution is -2.05. The summed E-state index contributed by atoms with van der Waals surface area (Å²) in [5.41, 5.74) is 3.83. The summed E-state index contributed by atoms with van der Waals surface area (Å²) in [6.07, 6.45) is 5.67. The summed E-state index contributed by atoms with van der Waals surface area (Å²) in [5.74, 6) is 0.454. The number of benzene rings is 1. The highest BCUT2D eigenvalue weighted by atomic mass is 16.5. The number of ether oxygens (including phenoxy) is 1. The van der Waals surface area contributed by atoms with E-state index >= 15 is 0 Å². The minimum atomic E-state index is -0.0988. The van der Waals surface area contributed by atoms with Gasteiger partial charge in [0, 0.05) is 6.42 Å². The van der Waals surface area contributed by atoms with Crippen molar-refractivity contribution >= 4 is 5.97 Å². The molecule has 1 aromatic carbocycles. The van der Waals surface area contributed by atoms with Crippen molar-refractivity contribution in [3.8, 4) is 0 Å². The normalized spacial score (nSPS) is 13.0. The average Bonchev–Trinajstić information content (AvgIpc) is 2.46.